The molecule has 2 fully saturated rings. The number of hydrogen-bond acceptors (Lipinski definition) is 5. The van der Waals surface area contributed by atoms with Crippen LogP contribution in [0.2, 0.25) is 0 Å². The number of methoxy groups -OCH3 is 2. The molecule has 2 saturated heterocycles. The molecule has 3 aliphatic rings. The lowest BCUT2D eigenvalue weighted by Gasteiger charge is -2.51. The molecule has 8 heteroatoms. The molecule has 0 spiro atoms. The number of nitrogens with one attached hydrogen (secondary N) is 1. The van der Waals surface area contributed by atoms with Gasteiger partial charge in [-0.1, -0.05) is 19.9 Å². The van der Waals surface area contributed by atoms with Crippen LogP contribution < -0.4 is 14.8 Å². The van der Waals surface area contributed by atoms with Crippen LogP contribution in [0.1, 0.15) is 63.5 Å². The third-order valence-electron chi connectivity index (χ3n) is 8.19. The van der Waals surface area contributed by atoms with Gasteiger partial charge in [-0.05, 0) is 67.6 Å². The first kappa shape index (κ1) is 27.3. The Labute approximate surface area is 221 Å². The molecule has 1 aromatic rings. The van der Waals surface area contributed by atoms with E-state index in [1.165, 1.54) is 0 Å². The molecule has 0 radical (unpaired) electrons. The summed E-state index contributed by atoms with van der Waals surface area (Å²) in [5, 5.41) is 3.05. The first-order valence-electron chi connectivity index (χ1n) is 13.9. The highest BCUT2D eigenvalue weighted by Crippen LogP contribution is 2.37. The fourth-order valence-electron chi connectivity index (χ4n) is 6.45. The number of aryl methyl sites for hydroxylation is 2. The monoisotopic (exact) mass is 513 g/mol. The van der Waals surface area contributed by atoms with E-state index in [1.54, 1.807) is 14.2 Å². The summed E-state index contributed by atoms with van der Waals surface area (Å²) >= 11 is 0. The molecule has 3 heterocycles. The average molecular weight is 514 g/mol. The SMILES string of the molecule is COc1cc2cc(c1OC)CCCNC(=O)CCC[C@H]1[C@H]3C[C@@H](CN(C(=O)C(C)C)C3)CN1C(=O)CC2. The highest BCUT2D eigenvalue weighted by atomic mass is 16.5. The number of rotatable bonds is 3. The van der Waals surface area contributed by atoms with Gasteiger partial charge in [-0.15, -0.1) is 0 Å². The van der Waals surface area contributed by atoms with E-state index < -0.39 is 0 Å². The normalized spacial score (nSPS) is 25.4. The van der Waals surface area contributed by atoms with Crippen LogP contribution in [-0.4, -0.2) is 74.0 Å². The van der Waals surface area contributed by atoms with E-state index in [0.717, 1.165) is 55.5 Å². The summed E-state index contributed by atoms with van der Waals surface area (Å²) in [5.74, 6) is 2.35. The summed E-state index contributed by atoms with van der Waals surface area (Å²) in [6.45, 7) is 6.63. The Bertz CT molecular complexity index is 994. The van der Waals surface area contributed by atoms with E-state index in [-0.39, 0.29) is 35.6 Å². The molecule has 204 valence electrons. The number of ether oxygens (including phenoxy) is 2. The highest BCUT2D eigenvalue weighted by Gasteiger charge is 2.43. The van der Waals surface area contributed by atoms with Gasteiger partial charge in [0, 0.05) is 51.0 Å². The van der Waals surface area contributed by atoms with Crippen molar-refractivity contribution in [2.24, 2.45) is 17.8 Å². The second kappa shape index (κ2) is 12.2. The van der Waals surface area contributed by atoms with Crippen molar-refractivity contribution in [3.05, 3.63) is 23.3 Å². The largest absolute Gasteiger partial charge is 0.493 e. The van der Waals surface area contributed by atoms with Crippen LogP contribution in [0.15, 0.2) is 12.1 Å². The van der Waals surface area contributed by atoms with Crippen LogP contribution in [0.4, 0.5) is 0 Å². The standard InChI is InChI=1S/C29H43N3O5/c1-19(2)29(35)31-16-21-14-23(18-31)24-8-5-9-26(33)30-12-6-7-22-13-20(10-11-27(34)32(24)17-21)15-25(36-3)28(22)37-4/h13,15,19,21,23-24H,5-12,14,16-18H2,1-4H3,(H,30,33)/t21-,23-,24-/m0/s1. The van der Waals surface area contributed by atoms with Gasteiger partial charge in [0.05, 0.1) is 14.2 Å². The van der Waals surface area contributed by atoms with E-state index in [0.29, 0.717) is 50.6 Å². The zero-order valence-electron chi connectivity index (χ0n) is 22.9. The van der Waals surface area contributed by atoms with Crippen molar-refractivity contribution in [1.29, 1.82) is 0 Å². The van der Waals surface area contributed by atoms with Gasteiger partial charge in [-0.3, -0.25) is 14.4 Å². The third-order valence-corrected chi connectivity index (χ3v) is 8.19. The van der Waals surface area contributed by atoms with Gasteiger partial charge in [0.15, 0.2) is 11.5 Å². The molecule has 0 unspecified atom stereocenters. The molecule has 4 bridgehead atoms. The molecule has 1 N–H and O–H groups in total. The quantitative estimate of drug-likeness (QED) is 0.671. The molecule has 8 nitrogen and oxygen atoms in total. The molecule has 0 saturated carbocycles. The van der Waals surface area contributed by atoms with Gasteiger partial charge >= 0.3 is 0 Å². The van der Waals surface area contributed by atoms with Gasteiger partial charge in [0.1, 0.15) is 0 Å². The van der Waals surface area contributed by atoms with Gasteiger partial charge in [0.25, 0.3) is 0 Å². The van der Waals surface area contributed by atoms with Crippen LogP contribution in [0.3, 0.4) is 0 Å². The Kier molecular flexibility index (Phi) is 8.98. The van der Waals surface area contributed by atoms with E-state index in [9.17, 15) is 14.4 Å². The fourth-order valence-corrected chi connectivity index (χ4v) is 6.45. The molecule has 0 aromatic heterocycles. The molecule has 3 aliphatic heterocycles. The zero-order valence-corrected chi connectivity index (χ0v) is 22.9. The maximum absolute atomic E-state index is 13.6. The maximum Gasteiger partial charge on any atom is 0.225 e. The maximum atomic E-state index is 13.6. The predicted octanol–water partition coefficient (Wildman–Crippen LogP) is 3.20. The number of carbonyl (C=O) groups is 3. The number of likely N-dealkylation sites (tertiary alicyclic amines) is 1. The van der Waals surface area contributed by atoms with Crippen LogP contribution >= 0.6 is 0 Å². The van der Waals surface area contributed by atoms with Crippen molar-refractivity contribution in [3.8, 4) is 11.5 Å². The van der Waals surface area contributed by atoms with Crippen molar-refractivity contribution >= 4 is 17.7 Å². The Morgan fingerprint density at radius 3 is 2.54 bits per heavy atom. The molecule has 0 aliphatic carbocycles. The number of benzene rings is 1. The summed E-state index contributed by atoms with van der Waals surface area (Å²) in [6.07, 6.45) is 5.65. The highest BCUT2D eigenvalue weighted by molar-refractivity contribution is 5.79. The third kappa shape index (κ3) is 6.39. The number of fused-ring (bicyclic) bond motifs is 6. The van der Waals surface area contributed by atoms with Crippen LogP contribution in [0, 0.1) is 17.8 Å². The lowest BCUT2D eigenvalue weighted by atomic mass is 9.77. The lowest BCUT2D eigenvalue weighted by Crippen LogP contribution is -2.60. The zero-order chi connectivity index (χ0) is 26.5. The minimum atomic E-state index is -0.0244. The topological polar surface area (TPSA) is 88.2 Å². The molecule has 37 heavy (non-hydrogen) atoms. The van der Waals surface area contributed by atoms with Crippen molar-refractivity contribution in [1.82, 2.24) is 15.1 Å². The summed E-state index contributed by atoms with van der Waals surface area (Å²) < 4.78 is 11.2. The average Bonchev–Trinajstić information content (AvgIpc) is 2.89. The second-order valence-corrected chi connectivity index (χ2v) is 11.2. The molecule has 1 aromatic carbocycles. The molecule has 4 rings (SSSR count). The van der Waals surface area contributed by atoms with Gasteiger partial charge in [-0.25, -0.2) is 0 Å². The van der Waals surface area contributed by atoms with Gasteiger partial charge in [-0.2, -0.15) is 0 Å². The van der Waals surface area contributed by atoms with E-state index in [4.69, 9.17) is 9.47 Å². The van der Waals surface area contributed by atoms with E-state index in [1.807, 2.05) is 24.8 Å². The lowest BCUT2D eigenvalue weighted by molar-refractivity contribution is -0.147. The summed E-state index contributed by atoms with van der Waals surface area (Å²) in [5.41, 5.74) is 2.09. The van der Waals surface area contributed by atoms with Crippen molar-refractivity contribution in [2.45, 2.75) is 71.3 Å². The van der Waals surface area contributed by atoms with Crippen LogP contribution in [0.25, 0.3) is 0 Å². The molecular formula is C29H43N3O5. The van der Waals surface area contributed by atoms with E-state index >= 15 is 0 Å². The number of carbonyl (C=O) groups excluding carboxylic acids is 3. The number of nitrogens with zero attached hydrogens (tertiary/aromatic N) is 2. The Hall–Kier alpha value is -2.77. The first-order valence-corrected chi connectivity index (χ1v) is 13.9. The summed E-state index contributed by atoms with van der Waals surface area (Å²) in [4.78, 5) is 43.1. The summed E-state index contributed by atoms with van der Waals surface area (Å²) in [7, 11) is 3.27. The Morgan fingerprint density at radius 2 is 1.81 bits per heavy atom. The van der Waals surface area contributed by atoms with Crippen molar-refractivity contribution in [2.75, 3.05) is 40.4 Å². The van der Waals surface area contributed by atoms with Gasteiger partial charge in [0.2, 0.25) is 17.7 Å². The minimum absolute atomic E-state index is 0.0244. The van der Waals surface area contributed by atoms with Crippen LogP contribution in [0.5, 0.6) is 11.5 Å². The van der Waals surface area contributed by atoms with Crippen molar-refractivity contribution < 1.29 is 23.9 Å². The minimum Gasteiger partial charge on any atom is -0.493 e. The first-order chi connectivity index (χ1) is 17.8. The van der Waals surface area contributed by atoms with Gasteiger partial charge < -0.3 is 24.6 Å². The van der Waals surface area contributed by atoms with Crippen molar-refractivity contribution in [3.63, 3.8) is 0 Å². The van der Waals surface area contributed by atoms with Crippen LogP contribution in [-0.2, 0) is 27.2 Å². The molecule has 3 amide bonds. The Balaban J connectivity index is 1.57. The molecule has 3 atom stereocenters. The van der Waals surface area contributed by atoms with E-state index in [2.05, 4.69) is 16.3 Å². The number of piperidine rings is 2. The Morgan fingerprint density at radius 1 is 1.00 bits per heavy atom. The predicted molar refractivity (Wildman–Crippen MR) is 142 cm³/mol. The smallest absolute Gasteiger partial charge is 0.225 e. The summed E-state index contributed by atoms with van der Waals surface area (Å²) in [6, 6.07) is 4.14. The molecular weight excluding hydrogens is 470 g/mol. The number of hydrogen-bond donors (Lipinski definition) is 1. The number of amides is 3. The second-order valence-electron chi connectivity index (χ2n) is 11.2. The fraction of sp³-hybridized carbons (Fsp3) is 0.690.